The van der Waals surface area contributed by atoms with Gasteiger partial charge in [0.2, 0.25) is 0 Å². The molecule has 0 bridgehead atoms. The van der Waals surface area contributed by atoms with Crippen LogP contribution in [0.1, 0.15) is 42.0 Å². The highest BCUT2D eigenvalue weighted by Crippen LogP contribution is 2.12. The van der Waals surface area contributed by atoms with Crippen LogP contribution in [0.25, 0.3) is 0 Å². The monoisotopic (exact) mass is 178 g/mol. The maximum absolute atomic E-state index is 10.4. The molecule has 2 N–H and O–H groups in total. The van der Waals surface area contributed by atoms with Crippen LogP contribution in [0.15, 0.2) is 18.2 Å². The summed E-state index contributed by atoms with van der Waals surface area (Å²) in [4.78, 5) is 14.6. The number of nitrogens with two attached hydrogens (primary N) is 1. The van der Waals surface area contributed by atoms with Crippen molar-refractivity contribution in [2.24, 2.45) is 5.73 Å². The first-order chi connectivity index (χ1) is 6.27. The van der Waals surface area contributed by atoms with E-state index in [0.717, 1.165) is 24.8 Å². The summed E-state index contributed by atoms with van der Waals surface area (Å²) >= 11 is 0. The number of hydrogen-bond acceptors (Lipinski definition) is 3. The van der Waals surface area contributed by atoms with E-state index in [4.69, 9.17) is 5.73 Å². The van der Waals surface area contributed by atoms with Gasteiger partial charge in [0.05, 0.1) is 5.69 Å². The third-order valence-electron chi connectivity index (χ3n) is 1.89. The average molecular weight is 178 g/mol. The number of rotatable bonds is 4. The van der Waals surface area contributed by atoms with Gasteiger partial charge in [-0.25, -0.2) is 4.98 Å². The molecule has 3 nitrogen and oxygen atoms in total. The van der Waals surface area contributed by atoms with E-state index < -0.39 is 0 Å². The van der Waals surface area contributed by atoms with Gasteiger partial charge < -0.3 is 5.73 Å². The molecule has 0 aliphatic rings. The minimum Gasteiger partial charge on any atom is -0.323 e. The number of pyridine rings is 1. The number of carbonyl (C=O) groups is 1. The average Bonchev–Trinajstić information content (AvgIpc) is 2.18. The standard InChI is InChI=1S/C10H14N2O/c1-2-4-9(11)10-6-3-5-8(7-13)12-10/h3,5-7,9H,2,4,11H2,1H3/t9-/m0/s1. The van der Waals surface area contributed by atoms with Crippen molar-refractivity contribution in [3.8, 4) is 0 Å². The zero-order chi connectivity index (χ0) is 9.68. The smallest absolute Gasteiger partial charge is 0.168 e. The Balaban J connectivity index is 2.81. The lowest BCUT2D eigenvalue weighted by Gasteiger charge is -2.09. The number of nitrogens with zero attached hydrogens (tertiary/aromatic N) is 1. The predicted octanol–water partition coefficient (Wildman–Crippen LogP) is 1.69. The van der Waals surface area contributed by atoms with Crippen LogP contribution in [0.4, 0.5) is 0 Å². The Bertz CT molecular complexity index is 286. The highest BCUT2D eigenvalue weighted by atomic mass is 16.1. The molecule has 13 heavy (non-hydrogen) atoms. The molecule has 1 aromatic heterocycles. The van der Waals surface area contributed by atoms with Crippen molar-refractivity contribution >= 4 is 6.29 Å². The topological polar surface area (TPSA) is 56.0 Å². The lowest BCUT2D eigenvalue weighted by atomic mass is 10.1. The summed E-state index contributed by atoms with van der Waals surface area (Å²) in [5.74, 6) is 0. The van der Waals surface area contributed by atoms with Crippen LogP contribution in [-0.2, 0) is 0 Å². The molecule has 70 valence electrons. The molecular formula is C10H14N2O. The van der Waals surface area contributed by atoms with Gasteiger partial charge in [0, 0.05) is 6.04 Å². The van der Waals surface area contributed by atoms with Crippen LogP contribution < -0.4 is 5.73 Å². The van der Waals surface area contributed by atoms with Crippen LogP contribution in [-0.4, -0.2) is 11.3 Å². The van der Waals surface area contributed by atoms with Crippen LogP contribution in [0.3, 0.4) is 0 Å². The minimum absolute atomic E-state index is 0.0510. The Morgan fingerprint density at radius 2 is 2.38 bits per heavy atom. The highest BCUT2D eigenvalue weighted by molar-refractivity contribution is 5.71. The van der Waals surface area contributed by atoms with Crippen LogP contribution in [0.5, 0.6) is 0 Å². The molecule has 1 rings (SSSR count). The lowest BCUT2D eigenvalue weighted by Crippen LogP contribution is -2.12. The van der Waals surface area contributed by atoms with E-state index in [9.17, 15) is 4.79 Å². The first-order valence-electron chi connectivity index (χ1n) is 4.45. The van der Waals surface area contributed by atoms with Gasteiger partial charge in [-0.2, -0.15) is 0 Å². The van der Waals surface area contributed by atoms with E-state index in [2.05, 4.69) is 11.9 Å². The van der Waals surface area contributed by atoms with Crippen molar-refractivity contribution in [1.82, 2.24) is 4.98 Å². The van der Waals surface area contributed by atoms with Gasteiger partial charge in [-0.1, -0.05) is 19.4 Å². The Hall–Kier alpha value is -1.22. The van der Waals surface area contributed by atoms with Gasteiger partial charge in [-0.3, -0.25) is 4.79 Å². The first-order valence-corrected chi connectivity index (χ1v) is 4.45. The molecule has 3 heteroatoms. The van der Waals surface area contributed by atoms with Crippen molar-refractivity contribution in [3.05, 3.63) is 29.6 Å². The first kappa shape index (κ1) is 9.86. The van der Waals surface area contributed by atoms with Gasteiger partial charge in [0.1, 0.15) is 5.69 Å². The molecule has 0 saturated heterocycles. The maximum Gasteiger partial charge on any atom is 0.168 e. The second kappa shape index (κ2) is 4.72. The third-order valence-corrected chi connectivity index (χ3v) is 1.89. The lowest BCUT2D eigenvalue weighted by molar-refractivity contribution is 0.111. The SMILES string of the molecule is CCC[C@H](N)c1cccc(C=O)n1. The molecule has 1 atom stereocenters. The predicted molar refractivity (Wildman–Crippen MR) is 51.5 cm³/mol. The zero-order valence-electron chi connectivity index (χ0n) is 7.73. The molecule has 1 aromatic rings. The van der Waals surface area contributed by atoms with Crippen LogP contribution in [0.2, 0.25) is 0 Å². The van der Waals surface area contributed by atoms with Crippen LogP contribution in [0, 0.1) is 0 Å². The summed E-state index contributed by atoms with van der Waals surface area (Å²) in [5.41, 5.74) is 7.10. The fourth-order valence-corrected chi connectivity index (χ4v) is 1.20. The van der Waals surface area contributed by atoms with Gasteiger partial charge in [-0.05, 0) is 18.6 Å². The summed E-state index contributed by atoms with van der Waals surface area (Å²) in [5, 5.41) is 0. The summed E-state index contributed by atoms with van der Waals surface area (Å²) in [7, 11) is 0. The van der Waals surface area contributed by atoms with Gasteiger partial charge in [-0.15, -0.1) is 0 Å². The molecule has 1 heterocycles. The Morgan fingerprint density at radius 1 is 1.62 bits per heavy atom. The number of hydrogen-bond donors (Lipinski definition) is 1. The van der Waals surface area contributed by atoms with Gasteiger partial charge in [0.15, 0.2) is 6.29 Å². The third kappa shape index (κ3) is 2.63. The molecule has 0 unspecified atom stereocenters. The quantitative estimate of drug-likeness (QED) is 0.714. The van der Waals surface area contributed by atoms with Crippen molar-refractivity contribution in [2.75, 3.05) is 0 Å². The molecule has 0 amide bonds. The van der Waals surface area contributed by atoms with Crippen molar-refractivity contribution < 1.29 is 4.79 Å². The highest BCUT2D eigenvalue weighted by Gasteiger charge is 2.05. The fourth-order valence-electron chi connectivity index (χ4n) is 1.20. The molecular weight excluding hydrogens is 164 g/mol. The molecule has 0 fully saturated rings. The largest absolute Gasteiger partial charge is 0.323 e. The molecule has 0 radical (unpaired) electrons. The van der Waals surface area contributed by atoms with E-state index in [1.165, 1.54) is 0 Å². The van der Waals surface area contributed by atoms with Crippen molar-refractivity contribution in [1.29, 1.82) is 0 Å². The van der Waals surface area contributed by atoms with E-state index in [0.29, 0.717) is 5.69 Å². The molecule has 0 aliphatic carbocycles. The van der Waals surface area contributed by atoms with E-state index in [1.54, 1.807) is 6.07 Å². The normalized spacial score (nSPS) is 12.5. The molecule has 0 aromatic carbocycles. The van der Waals surface area contributed by atoms with E-state index >= 15 is 0 Å². The van der Waals surface area contributed by atoms with Gasteiger partial charge in [0.25, 0.3) is 0 Å². The Kier molecular flexibility index (Phi) is 3.58. The summed E-state index contributed by atoms with van der Waals surface area (Å²) in [6.45, 7) is 2.07. The number of carbonyl (C=O) groups excluding carboxylic acids is 1. The summed E-state index contributed by atoms with van der Waals surface area (Å²) < 4.78 is 0. The number of aldehydes is 1. The summed E-state index contributed by atoms with van der Waals surface area (Å²) in [6.07, 6.45) is 2.66. The molecule has 0 saturated carbocycles. The second-order valence-corrected chi connectivity index (χ2v) is 3.00. The Labute approximate surface area is 78.0 Å². The zero-order valence-corrected chi connectivity index (χ0v) is 7.73. The second-order valence-electron chi connectivity index (χ2n) is 3.00. The van der Waals surface area contributed by atoms with Crippen molar-refractivity contribution in [3.63, 3.8) is 0 Å². The van der Waals surface area contributed by atoms with E-state index in [1.807, 2.05) is 12.1 Å². The fraction of sp³-hybridized carbons (Fsp3) is 0.400. The number of aromatic nitrogens is 1. The molecule has 0 aliphatic heterocycles. The van der Waals surface area contributed by atoms with Crippen LogP contribution >= 0.6 is 0 Å². The van der Waals surface area contributed by atoms with Gasteiger partial charge >= 0.3 is 0 Å². The minimum atomic E-state index is -0.0510. The molecule has 0 spiro atoms. The van der Waals surface area contributed by atoms with Crippen molar-refractivity contribution in [2.45, 2.75) is 25.8 Å². The summed E-state index contributed by atoms with van der Waals surface area (Å²) in [6, 6.07) is 5.29. The Morgan fingerprint density at radius 3 is 3.00 bits per heavy atom. The maximum atomic E-state index is 10.4. The van der Waals surface area contributed by atoms with E-state index in [-0.39, 0.29) is 6.04 Å².